The molecule has 0 radical (unpaired) electrons. The number of aliphatic hydroxyl groups is 1. The van der Waals surface area contributed by atoms with E-state index >= 15 is 0 Å². The van der Waals surface area contributed by atoms with E-state index in [0.29, 0.717) is 5.56 Å². The van der Waals surface area contributed by atoms with Gasteiger partial charge in [-0.3, -0.25) is 14.4 Å². The lowest BCUT2D eigenvalue weighted by molar-refractivity contribution is -0.170. The first-order chi connectivity index (χ1) is 10.8. The van der Waals surface area contributed by atoms with Gasteiger partial charge in [0.2, 0.25) is 0 Å². The van der Waals surface area contributed by atoms with Gasteiger partial charge in [0.25, 0.3) is 0 Å². The molecule has 4 atom stereocenters. The summed E-state index contributed by atoms with van der Waals surface area (Å²) in [5, 5.41) is 10.6. The lowest BCUT2D eigenvalue weighted by Gasteiger charge is -2.43. The van der Waals surface area contributed by atoms with Gasteiger partial charge in [-0.15, -0.1) is 0 Å². The molecule has 1 aromatic rings. The van der Waals surface area contributed by atoms with Gasteiger partial charge in [-0.1, -0.05) is 30.3 Å². The molecule has 0 aliphatic heterocycles. The third kappa shape index (κ3) is 3.12. The van der Waals surface area contributed by atoms with E-state index in [4.69, 9.17) is 9.47 Å². The van der Waals surface area contributed by atoms with E-state index in [2.05, 4.69) is 0 Å². The van der Waals surface area contributed by atoms with Gasteiger partial charge in [-0.25, -0.2) is 0 Å². The zero-order valence-electron chi connectivity index (χ0n) is 13.3. The Hall–Kier alpha value is -2.21. The van der Waals surface area contributed by atoms with Crippen LogP contribution in [0.5, 0.6) is 0 Å². The molecule has 1 aliphatic carbocycles. The summed E-state index contributed by atoms with van der Waals surface area (Å²) in [5.41, 5.74) is -0.999. The molecule has 23 heavy (non-hydrogen) atoms. The van der Waals surface area contributed by atoms with E-state index in [1.54, 1.807) is 30.3 Å². The Morgan fingerprint density at radius 1 is 1.13 bits per heavy atom. The Kier molecular flexibility index (Phi) is 4.85. The van der Waals surface area contributed by atoms with E-state index < -0.39 is 41.1 Å². The molecule has 1 N–H and O–H groups in total. The number of esters is 2. The number of carbonyl (C=O) groups is 3. The van der Waals surface area contributed by atoms with Crippen LogP contribution in [0.4, 0.5) is 0 Å². The highest BCUT2D eigenvalue weighted by Crippen LogP contribution is 2.46. The summed E-state index contributed by atoms with van der Waals surface area (Å²) in [6.45, 7) is 1.41. The van der Waals surface area contributed by atoms with Crippen LogP contribution in [-0.2, 0) is 23.9 Å². The van der Waals surface area contributed by atoms with E-state index in [9.17, 15) is 19.5 Å². The Morgan fingerprint density at radius 2 is 1.70 bits per heavy atom. The molecule has 1 saturated carbocycles. The third-order valence-corrected chi connectivity index (χ3v) is 4.36. The van der Waals surface area contributed by atoms with Gasteiger partial charge in [0, 0.05) is 12.3 Å². The van der Waals surface area contributed by atoms with E-state index in [0.717, 1.165) is 0 Å². The van der Waals surface area contributed by atoms with Gasteiger partial charge in [0.05, 0.1) is 25.7 Å². The van der Waals surface area contributed by atoms with Crippen LogP contribution in [0.3, 0.4) is 0 Å². The molecule has 0 aromatic heterocycles. The van der Waals surface area contributed by atoms with E-state index in [-0.39, 0.29) is 6.42 Å². The minimum atomic E-state index is -1.60. The van der Waals surface area contributed by atoms with Crippen molar-refractivity contribution in [1.82, 2.24) is 0 Å². The average Bonchev–Trinajstić information content (AvgIpc) is 2.52. The number of hydrogen-bond acceptors (Lipinski definition) is 6. The van der Waals surface area contributed by atoms with Gasteiger partial charge < -0.3 is 14.6 Å². The first-order valence-corrected chi connectivity index (χ1v) is 7.29. The van der Waals surface area contributed by atoms with Gasteiger partial charge in [0.1, 0.15) is 5.92 Å². The molecule has 0 unspecified atom stereocenters. The fraction of sp³-hybridized carbons (Fsp3) is 0.471. The molecule has 6 heteroatoms. The van der Waals surface area contributed by atoms with E-state index in [1.165, 1.54) is 21.1 Å². The molecule has 1 aromatic carbocycles. The second-order valence-corrected chi connectivity index (χ2v) is 5.94. The summed E-state index contributed by atoms with van der Waals surface area (Å²) >= 11 is 0. The van der Waals surface area contributed by atoms with Crippen molar-refractivity contribution in [2.75, 3.05) is 14.2 Å². The lowest BCUT2D eigenvalue weighted by Crippen LogP contribution is -2.55. The zero-order valence-corrected chi connectivity index (χ0v) is 13.3. The summed E-state index contributed by atoms with van der Waals surface area (Å²) in [4.78, 5) is 36.9. The van der Waals surface area contributed by atoms with Gasteiger partial charge in [-0.2, -0.15) is 0 Å². The SMILES string of the molecule is COC(=O)[C@@H]1C(=O)C[C@](C)(O)[C@@H](C(=O)OC)[C@H]1c1ccccc1. The van der Waals surface area contributed by atoms with E-state index in [1.807, 2.05) is 0 Å². The summed E-state index contributed by atoms with van der Waals surface area (Å²) < 4.78 is 9.56. The molecule has 6 nitrogen and oxygen atoms in total. The zero-order chi connectivity index (χ0) is 17.2. The number of Topliss-reactive ketones (excluding diaryl/α,β-unsaturated/α-hetero) is 1. The van der Waals surface area contributed by atoms with Crippen molar-refractivity contribution in [2.24, 2.45) is 11.8 Å². The Bertz CT molecular complexity index is 607. The molecule has 0 amide bonds. The Labute approximate surface area is 134 Å². The van der Waals surface area contributed by atoms with Crippen molar-refractivity contribution >= 4 is 17.7 Å². The number of ketones is 1. The molecule has 0 bridgehead atoms. The van der Waals surface area contributed by atoms with Crippen LogP contribution in [0.1, 0.15) is 24.8 Å². The second kappa shape index (κ2) is 6.50. The number of hydrogen-bond donors (Lipinski definition) is 1. The first-order valence-electron chi connectivity index (χ1n) is 7.29. The lowest BCUT2D eigenvalue weighted by atomic mass is 9.62. The molecular formula is C17H20O6. The Balaban J connectivity index is 2.61. The average molecular weight is 320 g/mol. The summed E-state index contributed by atoms with van der Waals surface area (Å²) in [6, 6.07) is 8.70. The van der Waals surface area contributed by atoms with Crippen molar-refractivity contribution in [3.8, 4) is 0 Å². The van der Waals surface area contributed by atoms with Gasteiger partial charge >= 0.3 is 11.9 Å². The first kappa shape index (κ1) is 17.1. The Morgan fingerprint density at radius 3 is 2.22 bits per heavy atom. The van der Waals surface area contributed by atoms with Gasteiger partial charge in [0.15, 0.2) is 5.78 Å². The van der Waals surface area contributed by atoms with Crippen LogP contribution in [-0.4, -0.2) is 42.6 Å². The number of ether oxygens (including phenoxy) is 2. The highest BCUT2D eigenvalue weighted by Gasteiger charge is 2.56. The summed E-state index contributed by atoms with van der Waals surface area (Å²) in [6.07, 6.45) is -0.310. The van der Waals surface area contributed by atoms with Crippen molar-refractivity contribution in [2.45, 2.75) is 24.9 Å². The molecule has 1 fully saturated rings. The standard InChI is InChI=1S/C17H20O6/c1-17(21)9-11(18)13(15(19)22-2)12(14(17)16(20)23-3)10-7-5-4-6-8-10/h4-8,12-14,21H,9H2,1-3H3/t12-,13+,14+,17-/m0/s1. The van der Waals surface area contributed by atoms with Crippen molar-refractivity contribution < 1.29 is 29.0 Å². The molecule has 2 rings (SSSR count). The van der Waals surface area contributed by atoms with Crippen molar-refractivity contribution in [3.63, 3.8) is 0 Å². The summed E-state index contributed by atoms with van der Waals surface area (Å²) in [7, 11) is 2.40. The molecule has 1 aliphatic rings. The molecule has 0 heterocycles. The van der Waals surface area contributed by atoms with Crippen LogP contribution in [0.15, 0.2) is 30.3 Å². The van der Waals surface area contributed by atoms with Crippen LogP contribution in [0, 0.1) is 11.8 Å². The highest BCUT2D eigenvalue weighted by atomic mass is 16.5. The monoisotopic (exact) mass is 320 g/mol. The fourth-order valence-corrected chi connectivity index (χ4v) is 3.34. The largest absolute Gasteiger partial charge is 0.469 e. The maximum absolute atomic E-state index is 12.4. The van der Waals surface area contributed by atoms with Crippen LogP contribution >= 0.6 is 0 Å². The second-order valence-electron chi connectivity index (χ2n) is 5.94. The quantitative estimate of drug-likeness (QED) is 0.662. The smallest absolute Gasteiger partial charge is 0.316 e. The predicted molar refractivity (Wildman–Crippen MR) is 80.4 cm³/mol. The number of rotatable bonds is 3. The highest BCUT2D eigenvalue weighted by molar-refractivity contribution is 6.02. The maximum Gasteiger partial charge on any atom is 0.316 e. The maximum atomic E-state index is 12.4. The van der Waals surface area contributed by atoms with Crippen LogP contribution in [0.2, 0.25) is 0 Å². The number of benzene rings is 1. The predicted octanol–water partition coefficient (Wildman–Crippen LogP) is 1.07. The molecule has 124 valence electrons. The van der Waals surface area contributed by atoms with Crippen molar-refractivity contribution in [1.29, 1.82) is 0 Å². The van der Waals surface area contributed by atoms with Crippen molar-refractivity contribution in [3.05, 3.63) is 35.9 Å². The fourth-order valence-electron chi connectivity index (χ4n) is 3.34. The molecule has 0 spiro atoms. The third-order valence-electron chi connectivity index (χ3n) is 4.36. The minimum absolute atomic E-state index is 0.310. The minimum Gasteiger partial charge on any atom is -0.469 e. The number of carbonyl (C=O) groups excluding carboxylic acids is 3. The summed E-state index contributed by atoms with van der Waals surface area (Å²) in [5.74, 6) is -4.86. The topological polar surface area (TPSA) is 89.9 Å². The normalized spacial score (nSPS) is 30.6. The van der Waals surface area contributed by atoms with Gasteiger partial charge in [-0.05, 0) is 12.5 Å². The molecular weight excluding hydrogens is 300 g/mol. The number of methoxy groups -OCH3 is 2. The molecule has 0 saturated heterocycles. The van der Waals surface area contributed by atoms with Crippen LogP contribution in [0.25, 0.3) is 0 Å². The van der Waals surface area contributed by atoms with Crippen LogP contribution < -0.4 is 0 Å².